The number of carbonyl (C=O) groups excluding carboxylic acids is 4. The lowest BCUT2D eigenvalue weighted by Gasteiger charge is -2.27. The zero-order valence-corrected chi connectivity index (χ0v) is 20.2. The average molecular weight is 481 g/mol. The number of likely N-dealkylation sites (N-methyl/N-ethyl adjacent to an activating group) is 2. The number of hydrogen-bond donors (Lipinski definition) is 2. The molecule has 1 heterocycles. The molecule has 0 unspecified atom stereocenters. The van der Waals surface area contributed by atoms with Gasteiger partial charge in [-0.1, -0.05) is 42.5 Å². The Bertz CT molecular complexity index is 1040. The summed E-state index contributed by atoms with van der Waals surface area (Å²) < 4.78 is 5.81. The van der Waals surface area contributed by atoms with Crippen molar-refractivity contribution in [1.29, 1.82) is 0 Å². The number of amides is 4. The maximum atomic E-state index is 13.1. The molecular formula is C26H32N4O5. The first-order valence-electron chi connectivity index (χ1n) is 11.7. The first-order valence-corrected chi connectivity index (χ1v) is 11.7. The van der Waals surface area contributed by atoms with Crippen LogP contribution < -0.4 is 15.4 Å². The molecule has 186 valence electrons. The highest BCUT2D eigenvalue weighted by Gasteiger charge is 2.28. The Morgan fingerprint density at radius 2 is 1.77 bits per heavy atom. The van der Waals surface area contributed by atoms with Gasteiger partial charge in [0.05, 0.1) is 25.1 Å². The van der Waals surface area contributed by atoms with E-state index in [1.165, 1.54) is 11.9 Å². The summed E-state index contributed by atoms with van der Waals surface area (Å²) in [5.41, 5.74) is 1.31. The van der Waals surface area contributed by atoms with Crippen LogP contribution >= 0.6 is 0 Å². The van der Waals surface area contributed by atoms with E-state index in [0.717, 1.165) is 5.56 Å². The second-order valence-electron chi connectivity index (χ2n) is 8.32. The lowest BCUT2D eigenvalue weighted by Crippen LogP contribution is -2.50. The Morgan fingerprint density at radius 3 is 2.51 bits per heavy atom. The Balaban J connectivity index is 1.79. The molecule has 0 saturated heterocycles. The van der Waals surface area contributed by atoms with Crippen LogP contribution in [-0.4, -0.2) is 79.3 Å². The lowest BCUT2D eigenvalue weighted by atomic mass is 10.1. The SMILES string of the molecule is CCN1CCOc2ccccc2C(=O)N[C@H](C(=O)NCCc2ccccc2)CC(=O)N(C)CC1=O. The monoisotopic (exact) mass is 480 g/mol. The fourth-order valence-corrected chi connectivity index (χ4v) is 3.77. The van der Waals surface area contributed by atoms with Gasteiger partial charge in [0.15, 0.2) is 0 Å². The van der Waals surface area contributed by atoms with E-state index >= 15 is 0 Å². The summed E-state index contributed by atoms with van der Waals surface area (Å²) in [7, 11) is 1.51. The summed E-state index contributed by atoms with van der Waals surface area (Å²) in [6.45, 7) is 3.03. The van der Waals surface area contributed by atoms with E-state index in [9.17, 15) is 19.2 Å². The summed E-state index contributed by atoms with van der Waals surface area (Å²) in [4.78, 5) is 54.5. The van der Waals surface area contributed by atoms with Crippen molar-refractivity contribution >= 4 is 23.6 Å². The van der Waals surface area contributed by atoms with E-state index in [1.54, 1.807) is 29.2 Å². The molecule has 0 aliphatic carbocycles. The van der Waals surface area contributed by atoms with Gasteiger partial charge in [-0.3, -0.25) is 19.2 Å². The zero-order chi connectivity index (χ0) is 25.2. The lowest BCUT2D eigenvalue weighted by molar-refractivity contribution is -0.140. The van der Waals surface area contributed by atoms with Crippen molar-refractivity contribution in [3.63, 3.8) is 0 Å². The molecule has 0 aromatic heterocycles. The minimum atomic E-state index is -1.11. The van der Waals surface area contributed by atoms with Gasteiger partial charge in [0.2, 0.25) is 17.7 Å². The van der Waals surface area contributed by atoms with Crippen molar-refractivity contribution in [2.75, 3.05) is 39.8 Å². The van der Waals surface area contributed by atoms with Crippen LogP contribution in [0.2, 0.25) is 0 Å². The molecule has 0 fully saturated rings. The van der Waals surface area contributed by atoms with Crippen LogP contribution in [-0.2, 0) is 20.8 Å². The number of ether oxygens (including phenoxy) is 1. The van der Waals surface area contributed by atoms with E-state index in [4.69, 9.17) is 4.74 Å². The summed E-state index contributed by atoms with van der Waals surface area (Å²) in [6, 6.07) is 15.3. The van der Waals surface area contributed by atoms with Crippen LogP contribution in [0.25, 0.3) is 0 Å². The molecule has 1 atom stereocenters. The second-order valence-corrected chi connectivity index (χ2v) is 8.32. The standard InChI is InChI=1S/C26H32N4O5/c1-3-30-15-16-35-22-12-8-7-11-20(22)25(33)28-21(17-23(31)29(2)18-24(30)32)26(34)27-14-13-19-9-5-4-6-10-19/h4-12,21H,3,13-18H2,1-2H3,(H,27,34)(H,28,33)/t21-/m0/s1. The highest BCUT2D eigenvalue weighted by molar-refractivity contribution is 6.00. The predicted molar refractivity (Wildman–Crippen MR) is 131 cm³/mol. The largest absolute Gasteiger partial charge is 0.491 e. The van der Waals surface area contributed by atoms with Crippen molar-refractivity contribution < 1.29 is 23.9 Å². The smallest absolute Gasteiger partial charge is 0.255 e. The number of para-hydroxylation sites is 1. The molecular weight excluding hydrogens is 448 g/mol. The van der Waals surface area contributed by atoms with Gasteiger partial charge >= 0.3 is 0 Å². The Labute approximate surface area is 205 Å². The van der Waals surface area contributed by atoms with Gasteiger partial charge in [-0.05, 0) is 31.0 Å². The highest BCUT2D eigenvalue weighted by Crippen LogP contribution is 2.18. The van der Waals surface area contributed by atoms with Gasteiger partial charge in [0.25, 0.3) is 5.91 Å². The molecule has 0 saturated carbocycles. The highest BCUT2D eigenvalue weighted by atomic mass is 16.5. The minimum Gasteiger partial charge on any atom is -0.491 e. The number of nitrogens with zero attached hydrogens (tertiary/aromatic N) is 2. The normalized spacial score (nSPS) is 17.7. The third-order valence-electron chi connectivity index (χ3n) is 5.84. The number of fused-ring (bicyclic) bond motifs is 1. The fraction of sp³-hybridized carbons (Fsp3) is 0.385. The molecule has 1 aliphatic rings. The molecule has 3 rings (SSSR count). The number of benzene rings is 2. The van der Waals surface area contributed by atoms with Crippen molar-refractivity contribution in [1.82, 2.24) is 20.4 Å². The first-order chi connectivity index (χ1) is 16.9. The van der Waals surface area contributed by atoms with Gasteiger partial charge < -0.3 is 25.2 Å². The molecule has 0 radical (unpaired) electrons. The third kappa shape index (κ3) is 7.30. The van der Waals surface area contributed by atoms with Gasteiger partial charge in [-0.2, -0.15) is 0 Å². The summed E-state index contributed by atoms with van der Waals surface area (Å²) in [5.74, 6) is -1.27. The molecule has 2 aromatic carbocycles. The summed E-state index contributed by atoms with van der Waals surface area (Å²) in [6.07, 6.45) is 0.334. The maximum absolute atomic E-state index is 13.1. The third-order valence-corrected chi connectivity index (χ3v) is 5.84. The molecule has 4 amide bonds. The molecule has 2 aromatic rings. The van der Waals surface area contributed by atoms with Gasteiger partial charge in [0.1, 0.15) is 18.4 Å². The number of rotatable bonds is 5. The number of carbonyl (C=O) groups is 4. The predicted octanol–water partition coefficient (Wildman–Crippen LogP) is 1.23. The van der Waals surface area contributed by atoms with Crippen molar-refractivity contribution in [2.45, 2.75) is 25.8 Å². The zero-order valence-electron chi connectivity index (χ0n) is 20.2. The summed E-state index contributed by atoms with van der Waals surface area (Å²) >= 11 is 0. The van der Waals surface area contributed by atoms with E-state index in [-0.39, 0.29) is 31.0 Å². The summed E-state index contributed by atoms with van der Waals surface area (Å²) in [5, 5.41) is 5.49. The Kier molecular flexibility index (Phi) is 9.23. The van der Waals surface area contributed by atoms with Crippen LogP contribution in [0.5, 0.6) is 5.75 Å². The average Bonchev–Trinajstić information content (AvgIpc) is 2.86. The van der Waals surface area contributed by atoms with E-state index in [1.807, 2.05) is 37.3 Å². The van der Waals surface area contributed by atoms with Crippen LogP contribution in [0.4, 0.5) is 0 Å². The molecule has 35 heavy (non-hydrogen) atoms. The van der Waals surface area contributed by atoms with Crippen molar-refractivity contribution in [2.24, 2.45) is 0 Å². The van der Waals surface area contributed by atoms with Crippen LogP contribution in [0, 0.1) is 0 Å². The van der Waals surface area contributed by atoms with Gasteiger partial charge in [0, 0.05) is 20.1 Å². The molecule has 1 aliphatic heterocycles. The Hall–Kier alpha value is -3.88. The topological polar surface area (TPSA) is 108 Å². The fourth-order valence-electron chi connectivity index (χ4n) is 3.77. The molecule has 9 heteroatoms. The molecule has 0 spiro atoms. The molecule has 2 N–H and O–H groups in total. The second kappa shape index (κ2) is 12.5. The quantitative estimate of drug-likeness (QED) is 0.669. The van der Waals surface area contributed by atoms with Crippen LogP contribution in [0.3, 0.4) is 0 Å². The number of hydrogen-bond acceptors (Lipinski definition) is 5. The van der Waals surface area contributed by atoms with E-state index < -0.39 is 23.8 Å². The van der Waals surface area contributed by atoms with Crippen molar-refractivity contribution in [3.05, 3.63) is 65.7 Å². The van der Waals surface area contributed by atoms with Crippen LogP contribution in [0.1, 0.15) is 29.3 Å². The van der Waals surface area contributed by atoms with Gasteiger partial charge in [-0.15, -0.1) is 0 Å². The van der Waals surface area contributed by atoms with E-state index in [2.05, 4.69) is 10.6 Å². The van der Waals surface area contributed by atoms with Crippen LogP contribution in [0.15, 0.2) is 54.6 Å². The molecule has 0 bridgehead atoms. The molecule has 9 nitrogen and oxygen atoms in total. The number of nitrogens with one attached hydrogen (secondary N) is 2. The van der Waals surface area contributed by atoms with E-state index in [0.29, 0.717) is 31.8 Å². The first kappa shape index (κ1) is 25.7. The minimum absolute atomic E-state index is 0.125. The Morgan fingerprint density at radius 1 is 1.06 bits per heavy atom. The van der Waals surface area contributed by atoms with Crippen molar-refractivity contribution in [3.8, 4) is 5.75 Å². The van der Waals surface area contributed by atoms with Gasteiger partial charge in [-0.25, -0.2) is 0 Å². The maximum Gasteiger partial charge on any atom is 0.255 e.